The number of benzene rings is 3. The molecule has 3 heterocycles. The third-order valence-corrected chi connectivity index (χ3v) is 12.9. The highest BCUT2D eigenvalue weighted by atomic mass is 16.7. The van der Waals surface area contributed by atoms with Crippen molar-refractivity contribution in [2.75, 3.05) is 57.8 Å². The van der Waals surface area contributed by atoms with Gasteiger partial charge in [0.1, 0.15) is 28.8 Å². The van der Waals surface area contributed by atoms with E-state index in [4.69, 9.17) is 37.8 Å². The summed E-state index contributed by atoms with van der Waals surface area (Å²) in [6.45, 7) is 13.9. The van der Waals surface area contributed by atoms with Gasteiger partial charge in [0.15, 0.2) is 22.4 Å². The van der Waals surface area contributed by atoms with Gasteiger partial charge in [0.2, 0.25) is 10.9 Å². The number of anilines is 2. The van der Waals surface area contributed by atoms with Crippen LogP contribution in [0.5, 0.6) is 11.5 Å². The van der Waals surface area contributed by atoms with E-state index >= 15 is 0 Å². The summed E-state index contributed by atoms with van der Waals surface area (Å²) in [6.07, 6.45) is 3.45. The van der Waals surface area contributed by atoms with E-state index in [9.17, 15) is 39.6 Å². The molecule has 0 radical (unpaired) electrons. The van der Waals surface area contributed by atoms with Crippen molar-refractivity contribution in [2.24, 2.45) is 23.7 Å². The number of fused-ring (bicyclic) bond motifs is 5. The van der Waals surface area contributed by atoms with E-state index in [1.807, 2.05) is 4.90 Å². The number of allylic oxidation sites excluding steroid dienone is 2. The molecule has 0 aliphatic carbocycles. The minimum atomic E-state index is -2.00. The third kappa shape index (κ3) is 9.72. The van der Waals surface area contributed by atoms with Crippen LogP contribution in [0.15, 0.2) is 62.3 Å². The lowest BCUT2D eigenvalue weighted by molar-refractivity contribution is -0.160. The first kappa shape index (κ1) is 50.4. The summed E-state index contributed by atoms with van der Waals surface area (Å²) in [5, 5.41) is 49.1. The topological polar surface area (TPSA) is 246 Å². The minimum absolute atomic E-state index is 0.0376. The first-order chi connectivity index (χ1) is 31.7. The molecule has 0 saturated carbocycles. The molecular formula is C49H61N3O15. The van der Waals surface area contributed by atoms with E-state index in [2.05, 4.69) is 5.32 Å². The largest absolute Gasteiger partial charge is 0.507 e. The van der Waals surface area contributed by atoms with Crippen LogP contribution < -0.4 is 31.0 Å². The number of aliphatic hydroxyl groups is 3. The number of phenols is 1. The van der Waals surface area contributed by atoms with Crippen LogP contribution in [0.4, 0.5) is 11.4 Å². The molecule has 0 spiro atoms. The van der Waals surface area contributed by atoms with Gasteiger partial charge in [0.25, 0.3) is 5.91 Å². The van der Waals surface area contributed by atoms with Gasteiger partial charge in [-0.05, 0) is 19.9 Å². The summed E-state index contributed by atoms with van der Waals surface area (Å²) in [4.78, 5) is 61.9. The molecule has 5 N–H and O–H groups in total. The number of esters is 1. The number of aromatic nitrogens is 1. The van der Waals surface area contributed by atoms with E-state index < -0.39 is 93.8 Å². The molecule has 4 aromatic rings. The van der Waals surface area contributed by atoms with Gasteiger partial charge >= 0.3 is 11.8 Å². The van der Waals surface area contributed by atoms with Gasteiger partial charge in [-0.25, -0.2) is 4.98 Å². The van der Waals surface area contributed by atoms with Crippen molar-refractivity contribution in [1.29, 1.82) is 0 Å². The Bertz CT molecular complexity index is 2810. The molecule has 5 bridgehead atoms. The van der Waals surface area contributed by atoms with Crippen LogP contribution in [0.3, 0.4) is 0 Å². The number of nitrogens with zero attached hydrogens (tertiary/aromatic N) is 2. The van der Waals surface area contributed by atoms with Crippen LogP contribution in [-0.4, -0.2) is 115 Å². The monoisotopic (exact) mass is 931 g/mol. The van der Waals surface area contributed by atoms with E-state index in [1.54, 1.807) is 60.1 Å². The molecule has 0 fully saturated rings. The molecule has 18 heteroatoms. The quantitative estimate of drug-likeness (QED) is 0.0870. The highest BCUT2D eigenvalue weighted by molar-refractivity contribution is 6.16. The molecule has 67 heavy (non-hydrogen) atoms. The second kappa shape index (κ2) is 20.4. The van der Waals surface area contributed by atoms with Crippen LogP contribution in [0.2, 0.25) is 0 Å². The number of nitrogens with one attached hydrogen (secondary N) is 1. The Balaban J connectivity index is 1.65. The summed E-state index contributed by atoms with van der Waals surface area (Å²) in [5.74, 6) is -7.09. The maximum Gasteiger partial charge on any atom is 0.307 e. The normalized spacial score (nSPS) is 27.9. The molecule has 0 unspecified atom stereocenters. The van der Waals surface area contributed by atoms with Gasteiger partial charge in [0, 0.05) is 106 Å². The summed E-state index contributed by atoms with van der Waals surface area (Å²) >= 11 is 0. The Kier molecular flexibility index (Phi) is 15.4. The standard InChI is InChI=1S/C49H61N3O15/c1-23-13-12-14-24(2)48(60)51-39-43(58)35-34(38-46(39)66-33-22-30(21-31(54)37(33)50-38)52(16-19-61-9)17-20-62-10)36-45(28(6)42(35)57)67-49(8,47(36)59)64-18-15-32(63-11)25(3)44(65-29(7)53)27(5)41(56)26(4)40(23)55/h12-15,18,21-23,25-27,32,40-41,44,55-57,59H,16-17,19-20H2,1-11H3,(H,51,60)/b13-12+,18-15+,24-14-/t23-,25+,26+,27+,32-,40-,41+,44+,49-/m0/s1. The molecule has 1 aromatic heterocycles. The lowest BCUT2D eigenvalue weighted by atomic mass is 9.78. The number of phenolic OH excluding ortho intramolecular Hbond substituents is 1. The molecule has 18 nitrogen and oxygen atoms in total. The Labute approximate surface area is 387 Å². The Morgan fingerprint density at radius 1 is 0.910 bits per heavy atom. The van der Waals surface area contributed by atoms with Gasteiger partial charge in [-0.15, -0.1) is 0 Å². The zero-order chi connectivity index (χ0) is 49.2. The average Bonchev–Trinajstić information content (AvgIpc) is 3.56. The fourth-order valence-corrected chi connectivity index (χ4v) is 8.83. The number of aromatic hydroxyl groups is 1. The number of aliphatic hydroxyl groups excluding tert-OH is 3. The lowest BCUT2D eigenvalue weighted by Gasteiger charge is -2.38. The predicted molar refractivity (Wildman–Crippen MR) is 251 cm³/mol. The Hall–Kier alpha value is -6.05. The molecular weight excluding hydrogens is 871 g/mol. The maximum atomic E-state index is 14.9. The number of hydrogen-bond acceptors (Lipinski definition) is 17. The average molecular weight is 932 g/mol. The summed E-state index contributed by atoms with van der Waals surface area (Å²) in [6, 6.07) is 2.95. The smallest absolute Gasteiger partial charge is 0.307 e. The molecule has 362 valence electrons. The summed E-state index contributed by atoms with van der Waals surface area (Å²) < 4.78 is 41.0. The Morgan fingerprint density at radius 3 is 2.21 bits per heavy atom. The molecule has 0 saturated heterocycles. The first-order valence-corrected chi connectivity index (χ1v) is 22.1. The maximum absolute atomic E-state index is 14.9. The zero-order valence-corrected chi connectivity index (χ0v) is 39.7. The highest BCUT2D eigenvalue weighted by Crippen LogP contribution is 2.42. The lowest BCUT2D eigenvalue weighted by Crippen LogP contribution is -2.46. The van der Waals surface area contributed by atoms with Crippen molar-refractivity contribution in [3.8, 4) is 11.5 Å². The number of carbonyl (C=O) groups excluding carboxylic acids is 2. The van der Waals surface area contributed by atoms with Crippen molar-refractivity contribution in [1.82, 2.24) is 4.98 Å². The number of methoxy groups -OCH3 is 3. The van der Waals surface area contributed by atoms with Gasteiger partial charge in [-0.2, -0.15) is 0 Å². The molecule has 1 amide bonds. The summed E-state index contributed by atoms with van der Waals surface area (Å²) in [7, 11) is 4.54. The molecule has 2 aliphatic heterocycles. The van der Waals surface area contributed by atoms with E-state index in [0.717, 1.165) is 0 Å². The van der Waals surface area contributed by atoms with E-state index in [1.165, 1.54) is 59.3 Å². The SMILES string of the molecule is COCCN(CCOC)c1cc(=O)c2nc3c(oc2c1)c1c(=O)c2c(O)c(C)c4c(c23)=C(O)[C@@](C)(O/C=C/[C@H](OC)[C@@H](C)[C@@H](OC(C)=O)[C@H](C)[C@H](O)[C@H](C)[C@@H](O)[C@@H](C)/C=C/C=C(/C)C(=O)N1)O4. The number of amides is 1. The number of hydrogen-bond donors (Lipinski definition) is 5. The molecule has 6 rings (SSSR count). The van der Waals surface area contributed by atoms with Crippen molar-refractivity contribution < 1.29 is 62.9 Å². The number of carbonyl (C=O) groups is 2. The van der Waals surface area contributed by atoms with Gasteiger partial charge < -0.3 is 63.5 Å². The fourth-order valence-electron chi connectivity index (χ4n) is 8.83. The van der Waals surface area contributed by atoms with Crippen molar-refractivity contribution >= 4 is 62.0 Å². The van der Waals surface area contributed by atoms with Crippen LogP contribution in [-0.2, 0) is 33.3 Å². The van der Waals surface area contributed by atoms with Crippen molar-refractivity contribution in [3.05, 3.63) is 79.5 Å². The van der Waals surface area contributed by atoms with E-state index in [-0.39, 0.29) is 55.1 Å². The fraction of sp³-hybridized carbons (Fsp3) is 0.490. The Morgan fingerprint density at radius 2 is 1.58 bits per heavy atom. The van der Waals surface area contributed by atoms with Crippen molar-refractivity contribution in [3.63, 3.8) is 0 Å². The molecule has 3 aromatic carbocycles. The van der Waals surface area contributed by atoms with Crippen LogP contribution >= 0.6 is 0 Å². The molecule has 9 atom stereocenters. The second-order valence-corrected chi connectivity index (χ2v) is 17.5. The van der Waals surface area contributed by atoms with E-state index in [0.29, 0.717) is 32.0 Å². The van der Waals surface area contributed by atoms with Gasteiger partial charge in [-0.1, -0.05) is 45.9 Å². The summed E-state index contributed by atoms with van der Waals surface area (Å²) in [5.41, 5.74) is -1.92. The van der Waals surface area contributed by atoms with Crippen molar-refractivity contribution in [2.45, 2.75) is 85.6 Å². The van der Waals surface area contributed by atoms with Crippen LogP contribution in [0, 0.1) is 30.6 Å². The van der Waals surface area contributed by atoms with Crippen LogP contribution in [0.1, 0.15) is 54.0 Å². The molecule has 2 aliphatic rings. The van der Waals surface area contributed by atoms with Gasteiger partial charge in [0.05, 0.1) is 48.4 Å². The predicted octanol–water partition coefficient (Wildman–Crippen LogP) is 4.66. The van der Waals surface area contributed by atoms with Crippen LogP contribution in [0.25, 0.3) is 38.7 Å². The minimum Gasteiger partial charge on any atom is -0.507 e. The van der Waals surface area contributed by atoms with Gasteiger partial charge in [-0.3, -0.25) is 19.2 Å². The number of rotatable bonds is 9. The second-order valence-electron chi connectivity index (χ2n) is 17.5. The highest BCUT2D eigenvalue weighted by Gasteiger charge is 2.44. The number of ether oxygens (including phenoxy) is 6. The zero-order valence-electron chi connectivity index (χ0n) is 39.7. The third-order valence-electron chi connectivity index (χ3n) is 12.9. The first-order valence-electron chi connectivity index (χ1n) is 22.1.